The number of rotatable bonds is 3. The van der Waals surface area contributed by atoms with E-state index in [0.29, 0.717) is 0 Å². The Hall–Kier alpha value is -0.790. The first-order chi connectivity index (χ1) is 5.31. The van der Waals surface area contributed by atoms with Crippen molar-refractivity contribution in [2.24, 2.45) is 0 Å². The standard InChI is InChI=1S/C9H16N2/c1-4-8-7-9(5-2)11(6-3)10-8/h7H,4-6H2,1-3H3. The van der Waals surface area contributed by atoms with Crippen molar-refractivity contribution in [2.45, 2.75) is 40.2 Å². The Bertz CT molecular complexity index is 204. The van der Waals surface area contributed by atoms with E-state index in [4.69, 9.17) is 0 Å². The molecular formula is C9H16N2. The van der Waals surface area contributed by atoms with Gasteiger partial charge in [-0.3, -0.25) is 4.68 Å². The third kappa shape index (κ3) is 1.62. The second-order valence-electron chi connectivity index (χ2n) is 2.65. The van der Waals surface area contributed by atoms with Crippen LogP contribution in [0, 0.1) is 0 Å². The molecular weight excluding hydrogens is 136 g/mol. The van der Waals surface area contributed by atoms with Crippen molar-refractivity contribution in [3.63, 3.8) is 0 Å². The predicted molar refractivity (Wildman–Crippen MR) is 46.7 cm³/mol. The van der Waals surface area contributed by atoms with Crippen LogP contribution in [0.25, 0.3) is 0 Å². The Kier molecular flexibility index (Phi) is 2.69. The third-order valence-corrected chi connectivity index (χ3v) is 1.94. The summed E-state index contributed by atoms with van der Waals surface area (Å²) in [5.41, 5.74) is 2.56. The van der Waals surface area contributed by atoms with Gasteiger partial charge in [0.05, 0.1) is 5.69 Å². The summed E-state index contributed by atoms with van der Waals surface area (Å²) >= 11 is 0. The molecule has 0 aliphatic rings. The van der Waals surface area contributed by atoms with E-state index in [9.17, 15) is 0 Å². The molecule has 0 atom stereocenters. The summed E-state index contributed by atoms with van der Waals surface area (Å²) in [6, 6.07) is 2.20. The van der Waals surface area contributed by atoms with Gasteiger partial charge in [-0.15, -0.1) is 0 Å². The van der Waals surface area contributed by atoms with E-state index in [0.717, 1.165) is 19.4 Å². The minimum Gasteiger partial charge on any atom is -0.270 e. The zero-order chi connectivity index (χ0) is 8.27. The number of hydrogen-bond donors (Lipinski definition) is 0. The molecule has 1 aromatic heterocycles. The zero-order valence-electron chi connectivity index (χ0n) is 7.59. The molecule has 1 aromatic rings. The van der Waals surface area contributed by atoms with Crippen molar-refractivity contribution >= 4 is 0 Å². The van der Waals surface area contributed by atoms with Crippen LogP contribution < -0.4 is 0 Å². The minimum atomic E-state index is 0.989. The summed E-state index contributed by atoms with van der Waals surface area (Å²) in [5, 5.41) is 4.43. The van der Waals surface area contributed by atoms with E-state index in [1.807, 2.05) is 0 Å². The number of nitrogens with zero attached hydrogens (tertiary/aromatic N) is 2. The first-order valence-electron chi connectivity index (χ1n) is 4.37. The van der Waals surface area contributed by atoms with Gasteiger partial charge in [-0.1, -0.05) is 13.8 Å². The van der Waals surface area contributed by atoms with E-state index in [1.165, 1.54) is 11.4 Å². The molecule has 0 saturated carbocycles. The average Bonchev–Trinajstić information content (AvgIpc) is 2.46. The maximum Gasteiger partial charge on any atom is 0.0624 e. The van der Waals surface area contributed by atoms with E-state index < -0.39 is 0 Å². The molecule has 0 aliphatic heterocycles. The summed E-state index contributed by atoms with van der Waals surface area (Å²) in [7, 11) is 0. The minimum absolute atomic E-state index is 0.989. The normalized spacial score (nSPS) is 10.5. The summed E-state index contributed by atoms with van der Waals surface area (Å²) in [4.78, 5) is 0. The summed E-state index contributed by atoms with van der Waals surface area (Å²) in [6.45, 7) is 7.43. The molecule has 0 aliphatic carbocycles. The first kappa shape index (κ1) is 8.31. The lowest BCUT2D eigenvalue weighted by Gasteiger charge is -1.98. The molecule has 0 N–H and O–H groups in total. The topological polar surface area (TPSA) is 17.8 Å². The molecule has 0 radical (unpaired) electrons. The van der Waals surface area contributed by atoms with E-state index in [1.54, 1.807) is 0 Å². The van der Waals surface area contributed by atoms with Crippen LogP contribution in [0.1, 0.15) is 32.2 Å². The fourth-order valence-corrected chi connectivity index (χ4v) is 1.25. The molecule has 0 fully saturated rings. The van der Waals surface area contributed by atoms with Gasteiger partial charge in [-0.25, -0.2) is 0 Å². The zero-order valence-corrected chi connectivity index (χ0v) is 7.59. The highest BCUT2D eigenvalue weighted by atomic mass is 15.3. The summed E-state index contributed by atoms with van der Waals surface area (Å²) in [6.07, 6.45) is 2.13. The Balaban J connectivity index is 2.92. The summed E-state index contributed by atoms with van der Waals surface area (Å²) in [5.74, 6) is 0. The monoisotopic (exact) mass is 152 g/mol. The predicted octanol–water partition coefficient (Wildman–Crippen LogP) is 2.03. The molecule has 2 nitrogen and oxygen atoms in total. The lowest BCUT2D eigenvalue weighted by atomic mass is 10.3. The Morgan fingerprint density at radius 3 is 2.36 bits per heavy atom. The number of aromatic nitrogens is 2. The number of aryl methyl sites for hydroxylation is 3. The average molecular weight is 152 g/mol. The van der Waals surface area contributed by atoms with Crippen LogP contribution in [0.5, 0.6) is 0 Å². The lowest BCUT2D eigenvalue weighted by Crippen LogP contribution is -2.01. The van der Waals surface area contributed by atoms with Gasteiger partial charge in [0, 0.05) is 12.2 Å². The van der Waals surface area contributed by atoms with E-state index in [-0.39, 0.29) is 0 Å². The van der Waals surface area contributed by atoms with Gasteiger partial charge in [0.15, 0.2) is 0 Å². The molecule has 0 spiro atoms. The van der Waals surface area contributed by atoms with Gasteiger partial charge in [0.25, 0.3) is 0 Å². The highest BCUT2D eigenvalue weighted by molar-refractivity contribution is 5.10. The third-order valence-electron chi connectivity index (χ3n) is 1.94. The highest BCUT2D eigenvalue weighted by Gasteiger charge is 2.01. The Labute approximate surface area is 68.2 Å². The van der Waals surface area contributed by atoms with E-state index >= 15 is 0 Å². The van der Waals surface area contributed by atoms with Gasteiger partial charge in [-0.05, 0) is 25.8 Å². The van der Waals surface area contributed by atoms with Gasteiger partial charge >= 0.3 is 0 Å². The smallest absolute Gasteiger partial charge is 0.0624 e. The molecule has 11 heavy (non-hydrogen) atoms. The second-order valence-corrected chi connectivity index (χ2v) is 2.65. The molecule has 0 unspecified atom stereocenters. The van der Waals surface area contributed by atoms with Crippen molar-refractivity contribution in [2.75, 3.05) is 0 Å². The van der Waals surface area contributed by atoms with Gasteiger partial charge in [-0.2, -0.15) is 5.10 Å². The quantitative estimate of drug-likeness (QED) is 0.648. The van der Waals surface area contributed by atoms with Crippen LogP contribution in [-0.4, -0.2) is 9.78 Å². The van der Waals surface area contributed by atoms with Crippen LogP contribution in [0.3, 0.4) is 0 Å². The van der Waals surface area contributed by atoms with Crippen LogP contribution in [0.2, 0.25) is 0 Å². The lowest BCUT2D eigenvalue weighted by molar-refractivity contribution is 0.618. The molecule has 0 saturated heterocycles. The van der Waals surface area contributed by atoms with Crippen molar-refractivity contribution < 1.29 is 0 Å². The van der Waals surface area contributed by atoms with Crippen molar-refractivity contribution in [3.05, 3.63) is 17.5 Å². The molecule has 1 heterocycles. The van der Waals surface area contributed by atoms with Crippen molar-refractivity contribution in [1.82, 2.24) is 9.78 Å². The first-order valence-corrected chi connectivity index (χ1v) is 4.37. The van der Waals surface area contributed by atoms with Crippen molar-refractivity contribution in [3.8, 4) is 0 Å². The molecule has 0 bridgehead atoms. The Morgan fingerprint density at radius 1 is 1.27 bits per heavy atom. The molecule has 0 amide bonds. The second kappa shape index (κ2) is 3.56. The largest absolute Gasteiger partial charge is 0.270 e. The maximum absolute atomic E-state index is 4.43. The van der Waals surface area contributed by atoms with Crippen LogP contribution >= 0.6 is 0 Å². The molecule has 0 aromatic carbocycles. The SMILES string of the molecule is CCc1cc(CC)n(CC)n1. The van der Waals surface area contributed by atoms with E-state index in [2.05, 4.69) is 36.6 Å². The fraction of sp³-hybridized carbons (Fsp3) is 0.667. The van der Waals surface area contributed by atoms with Crippen molar-refractivity contribution in [1.29, 1.82) is 0 Å². The van der Waals surface area contributed by atoms with Crippen LogP contribution in [0.4, 0.5) is 0 Å². The van der Waals surface area contributed by atoms with Gasteiger partial charge < -0.3 is 0 Å². The fourth-order valence-electron chi connectivity index (χ4n) is 1.25. The molecule has 62 valence electrons. The molecule has 1 rings (SSSR count). The highest BCUT2D eigenvalue weighted by Crippen LogP contribution is 2.05. The summed E-state index contributed by atoms with van der Waals surface area (Å²) < 4.78 is 2.08. The van der Waals surface area contributed by atoms with Crippen LogP contribution in [-0.2, 0) is 19.4 Å². The number of hydrogen-bond acceptors (Lipinski definition) is 1. The van der Waals surface area contributed by atoms with Gasteiger partial charge in [0.2, 0.25) is 0 Å². The van der Waals surface area contributed by atoms with Crippen LogP contribution in [0.15, 0.2) is 6.07 Å². The Morgan fingerprint density at radius 2 is 2.00 bits per heavy atom. The molecule has 2 heteroatoms. The van der Waals surface area contributed by atoms with Gasteiger partial charge in [0.1, 0.15) is 0 Å². The maximum atomic E-state index is 4.43.